The number of anilines is 5. The predicted octanol–water partition coefficient (Wildman–Crippen LogP) is 20.0. The summed E-state index contributed by atoms with van der Waals surface area (Å²) >= 11 is 0. The van der Waals surface area contributed by atoms with E-state index in [1.165, 1.54) is 76.8 Å². The van der Waals surface area contributed by atoms with Gasteiger partial charge in [0, 0.05) is 56.0 Å². The molecule has 0 unspecified atom stereocenters. The molecule has 3 heteroatoms. The third kappa shape index (κ3) is 8.05. The van der Waals surface area contributed by atoms with Crippen LogP contribution in [0.15, 0.2) is 216 Å². The molecule has 14 rings (SSSR count). The van der Waals surface area contributed by atoms with Gasteiger partial charge in [0.25, 0.3) is 0 Å². The largest absolute Gasteiger partial charge is 0.455 e. The van der Waals surface area contributed by atoms with Gasteiger partial charge in [0.05, 0.1) is 5.41 Å². The molecular weight excluding hydrogens is 993 g/mol. The maximum atomic E-state index is 7.11. The molecule has 0 atom stereocenters. The van der Waals surface area contributed by atoms with Crippen LogP contribution in [0.2, 0.25) is 0 Å². The molecule has 0 N–H and O–H groups in total. The van der Waals surface area contributed by atoms with Crippen LogP contribution in [0, 0.1) is 0 Å². The molecule has 10 aromatic carbocycles. The van der Waals surface area contributed by atoms with E-state index in [9.17, 15) is 0 Å². The molecule has 1 spiro atoms. The Hall–Kier alpha value is -8.66. The number of nitrogens with zero attached hydrogens (tertiary/aromatic N) is 2. The van der Waals surface area contributed by atoms with Crippen LogP contribution in [0.5, 0.6) is 0 Å². The Kier molecular flexibility index (Phi) is 11.4. The highest BCUT2D eigenvalue weighted by atomic mass is 16.3. The van der Waals surface area contributed by atoms with E-state index in [1.807, 2.05) is 0 Å². The molecule has 0 bridgehead atoms. The SMILES string of the molecule is CC(C)(C)c1ccc(N(C2=CC3(c4ccccc4-c4ccccc43)c3c(c4c(c5cc(N(c6ccc(C(C)(C)C)cc6)c6ccc(C(C)(C)C)cc6)ccc35)-c3c(ccc5c3oc3ccccc35)C=4)=C2)c2ccc(C(C)(C)C)cc2)cc1. The number of furan rings is 1. The Labute approximate surface area is 484 Å². The second kappa shape index (κ2) is 18.2. The fourth-order valence-corrected chi connectivity index (χ4v) is 13.6. The molecule has 3 nitrogen and oxygen atoms in total. The molecule has 11 aromatic rings. The lowest BCUT2D eigenvalue weighted by molar-refractivity contribution is 0.590. The van der Waals surface area contributed by atoms with Crippen LogP contribution in [-0.4, -0.2) is 0 Å². The molecule has 3 aliphatic rings. The summed E-state index contributed by atoms with van der Waals surface area (Å²) in [6, 6.07) is 75.9. The van der Waals surface area contributed by atoms with E-state index in [0.29, 0.717) is 0 Å². The van der Waals surface area contributed by atoms with Crippen molar-refractivity contribution in [1.82, 2.24) is 0 Å². The normalized spacial score (nSPS) is 14.2. The van der Waals surface area contributed by atoms with Crippen molar-refractivity contribution in [3.8, 4) is 22.3 Å². The lowest BCUT2D eigenvalue weighted by atomic mass is 9.67. The van der Waals surface area contributed by atoms with Gasteiger partial charge >= 0.3 is 0 Å². The molecule has 404 valence electrons. The van der Waals surface area contributed by atoms with Crippen LogP contribution in [0.4, 0.5) is 28.4 Å². The van der Waals surface area contributed by atoms with Crippen molar-refractivity contribution in [1.29, 1.82) is 0 Å². The number of benzene rings is 10. The minimum atomic E-state index is -0.709. The Morgan fingerprint density at radius 1 is 0.354 bits per heavy atom. The van der Waals surface area contributed by atoms with E-state index in [4.69, 9.17) is 4.42 Å². The van der Waals surface area contributed by atoms with Gasteiger partial charge in [-0.3, -0.25) is 0 Å². The van der Waals surface area contributed by atoms with Crippen LogP contribution in [0.1, 0.15) is 128 Å². The fraction of sp³-hybridized carbons (Fsp3) is 0.215. The topological polar surface area (TPSA) is 19.6 Å². The van der Waals surface area contributed by atoms with Crippen molar-refractivity contribution < 1.29 is 4.42 Å². The molecule has 1 aromatic heterocycles. The Bertz CT molecular complexity index is 4400. The summed E-state index contributed by atoms with van der Waals surface area (Å²) in [6.45, 7) is 27.5. The fourth-order valence-electron chi connectivity index (χ4n) is 13.6. The summed E-state index contributed by atoms with van der Waals surface area (Å²) in [7, 11) is 0. The molecule has 0 saturated carbocycles. The molecule has 0 aliphatic heterocycles. The van der Waals surface area contributed by atoms with Gasteiger partial charge in [-0.1, -0.05) is 210 Å². The van der Waals surface area contributed by atoms with Crippen LogP contribution in [0.25, 0.3) is 67.1 Å². The summed E-state index contributed by atoms with van der Waals surface area (Å²) < 4.78 is 7.11. The summed E-state index contributed by atoms with van der Waals surface area (Å²) in [5, 5.41) is 7.08. The quantitative estimate of drug-likeness (QED) is 0.165. The van der Waals surface area contributed by atoms with Crippen LogP contribution in [-0.2, 0) is 27.1 Å². The zero-order valence-corrected chi connectivity index (χ0v) is 49.6. The van der Waals surface area contributed by atoms with Crippen molar-refractivity contribution >= 4 is 73.3 Å². The Morgan fingerprint density at radius 2 is 0.793 bits per heavy atom. The highest BCUT2D eigenvalue weighted by Gasteiger charge is 2.47. The van der Waals surface area contributed by atoms with Crippen LogP contribution < -0.4 is 20.2 Å². The maximum Gasteiger partial charge on any atom is 0.143 e. The first-order valence-corrected chi connectivity index (χ1v) is 29.4. The van der Waals surface area contributed by atoms with Crippen molar-refractivity contribution in [2.75, 3.05) is 9.80 Å². The standard InChI is InChI=1S/C79H72N2O/c1-75(2,3)50-26-34-54(35-27-50)80(55-36-28-51(29-37-55)76(4,5)6)58-42-44-63-66(46-58)72-65(45-49-25-43-64-62-21-15-18-24-70(62)82-74(64)71(49)72)67-47-59(48-79(73(63)67)68-22-16-13-19-60(68)61-20-14-17-23-69(61)79)81(56-38-30-52(31-39-56)77(7,8)9)57-40-32-53(33-41-57)78(10,11)12/h13-48H,1-12H3. The van der Waals surface area contributed by atoms with Gasteiger partial charge in [-0.25, -0.2) is 0 Å². The molecule has 0 fully saturated rings. The van der Waals surface area contributed by atoms with E-state index in [1.54, 1.807) is 0 Å². The van der Waals surface area contributed by atoms with E-state index in [2.05, 4.69) is 311 Å². The molecule has 82 heavy (non-hydrogen) atoms. The lowest BCUT2D eigenvalue weighted by Gasteiger charge is -2.38. The molecular formula is C79H72N2O. The minimum Gasteiger partial charge on any atom is -0.455 e. The van der Waals surface area contributed by atoms with E-state index >= 15 is 0 Å². The number of hydrogen-bond acceptors (Lipinski definition) is 3. The van der Waals surface area contributed by atoms with Gasteiger partial charge in [0.15, 0.2) is 0 Å². The zero-order chi connectivity index (χ0) is 56.8. The van der Waals surface area contributed by atoms with Gasteiger partial charge in [-0.2, -0.15) is 0 Å². The lowest BCUT2D eigenvalue weighted by Crippen LogP contribution is -2.43. The average molecular weight is 1070 g/mol. The summed E-state index contributed by atoms with van der Waals surface area (Å²) in [5.41, 5.74) is 22.9. The van der Waals surface area contributed by atoms with Crippen molar-refractivity contribution in [3.63, 3.8) is 0 Å². The van der Waals surface area contributed by atoms with E-state index in [-0.39, 0.29) is 21.7 Å². The third-order valence-corrected chi connectivity index (χ3v) is 18.0. The van der Waals surface area contributed by atoms with Crippen molar-refractivity contribution in [2.45, 2.75) is 110 Å². The molecule has 3 aliphatic carbocycles. The maximum absolute atomic E-state index is 7.11. The van der Waals surface area contributed by atoms with Gasteiger partial charge in [0.2, 0.25) is 0 Å². The second-order valence-corrected chi connectivity index (χ2v) is 27.4. The molecule has 1 heterocycles. The summed E-state index contributed by atoms with van der Waals surface area (Å²) in [6.07, 6.45) is 7.61. The second-order valence-electron chi connectivity index (χ2n) is 27.4. The van der Waals surface area contributed by atoms with Gasteiger partial charge in [-0.15, -0.1) is 0 Å². The Morgan fingerprint density at radius 3 is 1.29 bits per heavy atom. The third-order valence-electron chi connectivity index (χ3n) is 18.0. The number of fused-ring (bicyclic) bond motifs is 18. The molecule has 0 saturated heterocycles. The highest BCUT2D eigenvalue weighted by molar-refractivity contribution is 6.17. The number of para-hydroxylation sites is 1. The predicted molar refractivity (Wildman–Crippen MR) is 348 cm³/mol. The number of hydrogen-bond donors (Lipinski definition) is 0. The van der Waals surface area contributed by atoms with Crippen LogP contribution in [0.3, 0.4) is 0 Å². The minimum absolute atomic E-state index is 0.00338. The van der Waals surface area contributed by atoms with Crippen LogP contribution >= 0.6 is 0 Å². The molecule has 0 amide bonds. The number of allylic oxidation sites excluding steroid dienone is 2. The van der Waals surface area contributed by atoms with Gasteiger partial charge < -0.3 is 14.2 Å². The van der Waals surface area contributed by atoms with Gasteiger partial charge in [0.1, 0.15) is 11.2 Å². The Balaban J connectivity index is 1.12. The van der Waals surface area contributed by atoms with E-state index in [0.717, 1.165) is 67.2 Å². The molecule has 0 radical (unpaired) electrons. The zero-order valence-electron chi connectivity index (χ0n) is 49.6. The summed E-state index contributed by atoms with van der Waals surface area (Å²) in [4.78, 5) is 4.97. The van der Waals surface area contributed by atoms with E-state index < -0.39 is 5.41 Å². The highest BCUT2D eigenvalue weighted by Crippen LogP contribution is 2.57. The smallest absolute Gasteiger partial charge is 0.143 e. The summed E-state index contributed by atoms with van der Waals surface area (Å²) in [5.74, 6) is 0. The first kappa shape index (κ1) is 51.5. The monoisotopic (exact) mass is 1060 g/mol. The first-order chi connectivity index (χ1) is 39.2. The van der Waals surface area contributed by atoms with Crippen molar-refractivity contribution in [2.24, 2.45) is 0 Å². The average Bonchev–Trinajstić information content (AvgIpc) is 2.06. The number of rotatable bonds is 6. The van der Waals surface area contributed by atoms with Crippen molar-refractivity contribution in [3.05, 3.63) is 267 Å². The van der Waals surface area contributed by atoms with Gasteiger partial charge in [-0.05, 0) is 190 Å². The first-order valence-electron chi connectivity index (χ1n) is 29.4.